The number of carbonyl (C=O) groups is 2. The molecule has 1 unspecified atom stereocenters. The molecule has 2 amide bonds. The molecule has 26 heavy (non-hydrogen) atoms. The molecule has 0 radical (unpaired) electrons. The van der Waals surface area contributed by atoms with Gasteiger partial charge in [-0.2, -0.15) is 5.10 Å². The minimum Gasteiger partial charge on any atom is -0.344 e. The molecule has 0 aliphatic heterocycles. The Labute approximate surface area is 152 Å². The predicted molar refractivity (Wildman–Crippen MR) is 100 cm³/mol. The summed E-state index contributed by atoms with van der Waals surface area (Å²) in [6.07, 6.45) is 1.76. The van der Waals surface area contributed by atoms with Crippen LogP contribution in [0.2, 0.25) is 0 Å². The number of hydrogen-bond acceptors (Lipinski definition) is 4. The molecule has 1 atom stereocenters. The molecule has 0 aliphatic carbocycles. The number of aryl methyl sites for hydroxylation is 1. The molecular formula is C19H24N4O3. The number of aromatic nitrogens is 2. The summed E-state index contributed by atoms with van der Waals surface area (Å²) in [6, 6.07) is 9.78. The van der Waals surface area contributed by atoms with Gasteiger partial charge in [0.2, 0.25) is 5.91 Å². The first-order valence-electron chi connectivity index (χ1n) is 8.67. The first-order valence-corrected chi connectivity index (χ1v) is 8.67. The van der Waals surface area contributed by atoms with E-state index in [0.717, 1.165) is 18.4 Å². The molecule has 7 heteroatoms. The summed E-state index contributed by atoms with van der Waals surface area (Å²) in [6.45, 7) is 5.80. The lowest BCUT2D eigenvalue weighted by Crippen LogP contribution is -2.31. The monoisotopic (exact) mass is 356 g/mol. The number of benzene rings is 1. The molecule has 0 spiro atoms. The van der Waals surface area contributed by atoms with Gasteiger partial charge in [-0.1, -0.05) is 25.5 Å². The molecule has 0 aliphatic rings. The van der Waals surface area contributed by atoms with Crippen molar-refractivity contribution < 1.29 is 9.59 Å². The quantitative estimate of drug-likeness (QED) is 0.797. The second-order valence-corrected chi connectivity index (χ2v) is 6.14. The van der Waals surface area contributed by atoms with E-state index in [1.54, 1.807) is 6.07 Å². The van der Waals surface area contributed by atoms with Gasteiger partial charge in [0.05, 0.1) is 6.04 Å². The average molecular weight is 356 g/mol. The molecule has 2 rings (SSSR count). The summed E-state index contributed by atoms with van der Waals surface area (Å²) in [5.74, 6) is -0.509. The Morgan fingerprint density at radius 3 is 2.69 bits per heavy atom. The van der Waals surface area contributed by atoms with Gasteiger partial charge in [-0.05, 0) is 37.1 Å². The van der Waals surface area contributed by atoms with Crippen LogP contribution in [-0.4, -0.2) is 21.6 Å². The van der Waals surface area contributed by atoms with Crippen molar-refractivity contribution in [2.45, 2.75) is 46.2 Å². The van der Waals surface area contributed by atoms with E-state index in [4.69, 9.17) is 0 Å². The topological polar surface area (TPSA) is 93.1 Å². The highest BCUT2D eigenvalue weighted by molar-refractivity contribution is 5.92. The van der Waals surface area contributed by atoms with Crippen molar-refractivity contribution in [3.63, 3.8) is 0 Å². The summed E-state index contributed by atoms with van der Waals surface area (Å²) in [7, 11) is 0. The predicted octanol–water partition coefficient (Wildman–Crippen LogP) is 2.49. The number of rotatable bonds is 7. The van der Waals surface area contributed by atoms with Crippen LogP contribution in [0.1, 0.15) is 55.7 Å². The van der Waals surface area contributed by atoms with Gasteiger partial charge in [-0.15, -0.1) is 0 Å². The third-order valence-corrected chi connectivity index (χ3v) is 3.88. The molecule has 7 nitrogen and oxygen atoms in total. The zero-order valence-corrected chi connectivity index (χ0v) is 15.3. The van der Waals surface area contributed by atoms with Gasteiger partial charge in [0.15, 0.2) is 0 Å². The summed E-state index contributed by atoms with van der Waals surface area (Å²) < 4.78 is 1.32. The van der Waals surface area contributed by atoms with Crippen LogP contribution in [0.3, 0.4) is 0 Å². The third kappa shape index (κ3) is 5.27. The first kappa shape index (κ1) is 19.4. The Morgan fingerprint density at radius 2 is 2.00 bits per heavy atom. The fourth-order valence-corrected chi connectivity index (χ4v) is 2.48. The number of anilines is 1. The summed E-state index contributed by atoms with van der Waals surface area (Å²) in [5.41, 5.74) is 1.50. The zero-order valence-electron chi connectivity index (χ0n) is 15.3. The molecule has 138 valence electrons. The highest BCUT2D eigenvalue weighted by atomic mass is 16.2. The van der Waals surface area contributed by atoms with E-state index in [1.807, 2.05) is 32.0 Å². The number of amides is 2. The minimum atomic E-state index is -0.354. The van der Waals surface area contributed by atoms with Crippen molar-refractivity contribution >= 4 is 17.5 Å². The highest BCUT2D eigenvalue weighted by Gasteiger charge is 2.14. The van der Waals surface area contributed by atoms with Crippen molar-refractivity contribution in [3.05, 3.63) is 58.0 Å². The maximum atomic E-state index is 12.5. The Hall–Kier alpha value is -2.96. The third-order valence-electron chi connectivity index (χ3n) is 3.88. The van der Waals surface area contributed by atoms with E-state index in [2.05, 4.69) is 15.7 Å². The normalized spacial score (nSPS) is 11.7. The van der Waals surface area contributed by atoms with Crippen LogP contribution in [0, 0.1) is 0 Å². The van der Waals surface area contributed by atoms with Crippen LogP contribution in [0.15, 0.2) is 41.2 Å². The molecule has 0 fully saturated rings. The van der Waals surface area contributed by atoms with E-state index in [0.29, 0.717) is 12.2 Å². The van der Waals surface area contributed by atoms with E-state index in [9.17, 15) is 14.4 Å². The lowest BCUT2D eigenvalue weighted by molar-refractivity contribution is -0.114. The maximum absolute atomic E-state index is 12.5. The maximum Gasteiger partial charge on any atom is 0.272 e. The Balaban J connectivity index is 2.11. The van der Waals surface area contributed by atoms with Crippen LogP contribution in [-0.2, 0) is 11.3 Å². The van der Waals surface area contributed by atoms with Gasteiger partial charge in [0.1, 0.15) is 5.69 Å². The molecule has 2 aromatic rings. The lowest BCUT2D eigenvalue weighted by Gasteiger charge is -2.15. The summed E-state index contributed by atoms with van der Waals surface area (Å²) in [4.78, 5) is 35.4. The largest absolute Gasteiger partial charge is 0.344 e. The smallest absolute Gasteiger partial charge is 0.272 e. The minimum absolute atomic E-state index is 0.155. The van der Waals surface area contributed by atoms with E-state index >= 15 is 0 Å². The highest BCUT2D eigenvalue weighted by Crippen LogP contribution is 2.17. The second-order valence-electron chi connectivity index (χ2n) is 6.14. The van der Waals surface area contributed by atoms with Crippen molar-refractivity contribution in [2.24, 2.45) is 0 Å². The Bertz CT molecular complexity index is 845. The number of nitrogens with zero attached hydrogens (tertiary/aromatic N) is 2. The zero-order chi connectivity index (χ0) is 19.1. The van der Waals surface area contributed by atoms with Crippen LogP contribution in [0.25, 0.3) is 0 Å². The van der Waals surface area contributed by atoms with E-state index in [-0.39, 0.29) is 29.1 Å². The molecule has 2 N–H and O–H groups in total. The number of unbranched alkanes of at least 4 members (excludes halogenated alkanes) is 1. The van der Waals surface area contributed by atoms with Crippen LogP contribution in [0.4, 0.5) is 5.69 Å². The Kier molecular flexibility index (Phi) is 6.66. The molecule has 1 aromatic carbocycles. The molecule has 0 saturated heterocycles. The van der Waals surface area contributed by atoms with Gasteiger partial charge in [-0.3, -0.25) is 14.4 Å². The van der Waals surface area contributed by atoms with Crippen molar-refractivity contribution in [3.8, 4) is 0 Å². The first-order chi connectivity index (χ1) is 12.4. The fourth-order valence-electron chi connectivity index (χ4n) is 2.48. The summed E-state index contributed by atoms with van der Waals surface area (Å²) >= 11 is 0. The van der Waals surface area contributed by atoms with E-state index < -0.39 is 0 Å². The number of hydrogen-bond donors (Lipinski definition) is 2. The van der Waals surface area contributed by atoms with Gasteiger partial charge < -0.3 is 10.6 Å². The number of nitrogens with one attached hydrogen (secondary N) is 2. The average Bonchev–Trinajstić information content (AvgIpc) is 2.60. The molecule has 1 heterocycles. The van der Waals surface area contributed by atoms with Crippen molar-refractivity contribution in [1.82, 2.24) is 15.1 Å². The van der Waals surface area contributed by atoms with Crippen LogP contribution >= 0.6 is 0 Å². The molecular weight excluding hydrogens is 332 g/mol. The summed E-state index contributed by atoms with van der Waals surface area (Å²) in [5, 5.41) is 9.73. The fraction of sp³-hybridized carbons (Fsp3) is 0.368. The molecule has 1 aromatic heterocycles. The van der Waals surface area contributed by atoms with Gasteiger partial charge in [0, 0.05) is 25.2 Å². The Morgan fingerprint density at radius 1 is 1.23 bits per heavy atom. The molecule has 0 bridgehead atoms. The van der Waals surface area contributed by atoms with Gasteiger partial charge in [-0.25, -0.2) is 4.68 Å². The van der Waals surface area contributed by atoms with Crippen molar-refractivity contribution in [1.29, 1.82) is 0 Å². The standard InChI is InChI=1S/C19H24N4O3/c1-4-5-11-23-18(25)10-9-17(22-23)19(26)20-13(2)15-7-6-8-16(12-15)21-14(3)24/h6-10,12-13H,4-5,11H2,1-3H3,(H,20,26)(H,21,24). The lowest BCUT2D eigenvalue weighted by atomic mass is 10.1. The SMILES string of the molecule is CCCCn1nc(C(=O)NC(C)c2cccc(NC(C)=O)c2)ccc1=O. The molecule has 0 saturated carbocycles. The van der Waals surface area contributed by atoms with E-state index in [1.165, 1.54) is 23.7 Å². The van der Waals surface area contributed by atoms with Gasteiger partial charge >= 0.3 is 0 Å². The van der Waals surface area contributed by atoms with Crippen LogP contribution < -0.4 is 16.2 Å². The second kappa shape index (κ2) is 8.94. The van der Waals surface area contributed by atoms with Crippen molar-refractivity contribution in [2.75, 3.05) is 5.32 Å². The van der Waals surface area contributed by atoms with Gasteiger partial charge in [0.25, 0.3) is 11.5 Å². The van der Waals surface area contributed by atoms with Crippen LogP contribution in [0.5, 0.6) is 0 Å². The number of carbonyl (C=O) groups excluding carboxylic acids is 2.